The van der Waals surface area contributed by atoms with Gasteiger partial charge < -0.3 is 5.32 Å². The standard InChI is InChI=1S/C48H39N5/c1-3-13-32(14-4-1)35-18-11-20-37(29-35)46-50-47(38-21-12-19-36(30-38)33-15-5-2-6-16-33)52-48(51-46)39-26-28-44(49-31-39)53-42-24-10-9-23-41(42)45-40-22-8-7-17-34(40)25-27-43(45)53/h1-30,46-52H,31H2. The Labute approximate surface area is 309 Å². The molecule has 1 fully saturated rings. The highest BCUT2D eigenvalue weighted by Crippen LogP contribution is 2.37. The van der Waals surface area contributed by atoms with Crippen LogP contribution in [-0.2, 0) is 0 Å². The topological polar surface area (TPSA) is 53.0 Å². The summed E-state index contributed by atoms with van der Waals surface area (Å²) in [7, 11) is 0. The molecular weight excluding hydrogens is 647 g/mol. The Morgan fingerprint density at radius 1 is 0.434 bits per heavy atom. The highest BCUT2D eigenvalue weighted by molar-refractivity contribution is 6.21. The second kappa shape index (κ2) is 13.4. The zero-order valence-electron chi connectivity index (χ0n) is 29.2. The van der Waals surface area contributed by atoms with Crippen LogP contribution in [0.25, 0.3) is 60.7 Å². The third-order valence-corrected chi connectivity index (χ3v) is 10.8. The van der Waals surface area contributed by atoms with Gasteiger partial charge in [0.05, 0.1) is 29.5 Å². The summed E-state index contributed by atoms with van der Waals surface area (Å²) in [5.74, 6) is 1.07. The number of hydrogen-bond acceptors (Lipinski definition) is 4. The van der Waals surface area contributed by atoms with E-state index >= 15 is 0 Å². The van der Waals surface area contributed by atoms with Gasteiger partial charge in [-0.2, -0.15) is 0 Å². The van der Waals surface area contributed by atoms with Crippen molar-refractivity contribution in [3.8, 4) is 22.3 Å². The average Bonchev–Trinajstić information content (AvgIpc) is 3.59. The molecule has 0 bridgehead atoms. The van der Waals surface area contributed by atoms with Crippen molar-refractivity contribution < 1.29 is 0 Å². The van der Waals surface area contributed by atoms with Crippen LogP contribution in [0.2, 0.25) is 0 Å². The van der Waals surface area contributed by atoms with Crippen molar-refractivity contribution in [2.45, 2.75) is 18.5 Å². The van der Waals surface area contributed by atoms with Crippen LogP contribution in [0.1, 0.15) is 23.5 Å². The fourth-order valence-electron chi connectivity index (χ4n) is 8.15. The Hall–Kier alpha value is -6.24. The summed E-state index contributed by atoms with van der Waals surface area (Å²) < 4.78 is 2.38. The monoisotopic (exact) mass is 685 g/mol. The second-order valence-electron chi connectivity index (χ2n) is 14.0. The predicted molar refractivity (Wildman–Crippen MR) is 220 cm³/mol. The van der Waals surface area contributed by atoms with E-state index in [2.05, 4.69) is 208 Å². The van der Waals surface area contributed by atoms with Crippen LogP contribution in [0.3, 0.4) is 0 Å². The summed E-state index contributed by atoms with van der Waals surface area (Å²) in [4.78, 5) is 0. The lowest BCUT2D eigenvalue weighted by Gasteiger charge is -2.41. The first kappa shape index (κ1) is 31.5. The Kier molecular flexibility index (Phi) is 7.95. The minimum absolute atomic E-state index is 0.0839. The first-order valence-electron chi connectivity index (χ1n) is 18.4. The van der Waals surface area contributed by atoms with Crippen LogP contribution in [0, 0.1) is 0 Å². The number of nitrogens with zero attached hydrogens (tertiary/aromatic N) is 1. The van der Waals surface area contributed by atoms with Crippen molar-refractivity contribution in [1.29, 1.82) is 0 Å². The number of allylic oxidation sites excluding steroid dienone is 2. The lowest BCUT2D eigenvalue weighted by Crippen LogP contribution is -2.60. The molecule has 53 heavy (non-hydrogen) atoms. The molecular formula is C48H39N5. The van der Waals surface area contributed by atoms with Crippen molar-refractivity contribution in [3.63, 3.8) is 0 Å². The normalized spacial score (nSPS) is 18.8. The third-order valence-electron chi connectivity index (χ3n) is 10.8. The molecule has 8 aromatic rings. The fourth-order valence-corrected chi connectivity index (χ4v) is 8.15. The fraction of sp³-hybridized carbons (Fsp3) is 0.0833. The summed E-state index contributed by atoms with van der Waals surface area (Å²) in [5.41, 5.74) is 10.9. The molecule has 5 nitrogen and oxygen atoms in total. The molecule has 0 amide bonds. The zero-order valence-corrected chi connectivity index (χ0v) is 29.2. The van der Waals surface area contributed by atoms with Crippen LogP contribution in [-0.4, -0.2) is 17.3 Å². The molecule has 256 valence electrons. The maximum Gasteiger partial charge on any atom is 0.111 e. The minimum Gasteiger partial charge on any atom is -0.367 e. The zero-order chi connectivity index (χ0) is 35.1. The van der Waals surface area contributed by atoms with E-state index in [1.54, 1.807) is 0 Å². The number of para-hydroxylation sites is 1. The van der Waals surface area contributed by atoms with E-state index in [-0.39, 0.29) is 18.5 Å². The van der Waals surface area contributed by atoms with Gasteiger partial charge in [0.2, 0.25) is 0 Å². The van der Waals surface area contributed by atoms with Crippen LogP contribution < -0.4 is 21.3 Å². The molecule has 2 unspecified atom stereocenters. The molecule has 0 radical (unpaired) electrons. The summed E-state index contributed by atoms with van der Waals surface area (Å²) in [6, 6.07) is 60.9. The molecule has 2 atom stereocenters. The smallest absolute Gasteiger partial charge is 0.111 e. The Morgan fingerprint density at radius 3 is 1.64 bits per heavy atom. The Balaban J connectivity index is 1.03. The molecule has 4 N–H and O–H groups in total. The Bertz CT molecular complexity index is 2580. The highest BCUT2D eigenvalue weighted by Gasteiger charge is 2.32. The van der Waals surface area contributed by atoms with E-state index in [1.807, 2.05) is 0 Å². The van der Waals surface area contributed by atoms with E-state index in [9.17, 15) is 0 Å². The lowest BCUT2D eigenvalue weighted by molar-refractivity contribution is 0.220. The highest BCUT2D eigenvalue weighted by atomic mass is 15.4. The predicted octanol–water partition coefficient (Wildman–Crippen LogP) is 10.1. The SMILES string of the molecule is C1=C(C2NC(c3cccc(-c4ccccc4)c3)NC(c3cccc(-c4ccccc4)c3)N2)CNC(n2c3ccccc3c3c4ccccc4ccc32)=C1. The van der Waals surface area contributed by atoms with Gasteiger partial charge in [0.25, 0.3) is 0 Å². The van der Waals surface area contributed by atoms with Crippen LogP contribution in [0.15, 0.2) is 188 Å². The maximum atomic E-state index is 3.93. The van der Waals surface area contributed by atoms with Crippen molar-refractivity contribution in [3.05, 3.63) is 199 Å². The van der Waals surface area contributed by atoms with Gasteiger partial charge in [0.1, 0.15) is 5.82 Å². The summed E-state index contributed by atoms with van der Waals surface area (Å²) >= 11 is 0. The molecule has 1 aromatic heterocycles. The number of aromatic nitrogens is 1. The number of rotatable bonds is 6. The molecule has 3 heterocycles. The van der Waals surface area contributed by atoms with E-state index in [4.69, 9.17) is 0 Å². The van der Waals surface area contributed by atoms with Gasteiger partial charge in [-0.3, -0.25) is 20.5 Å². The largest absolute Gasteiger partial charge is 0.367 e. The summed E-state index contributed by atoms with van der Waals surface area (Å²) in [6.07, 6.45) is 4.26. The number of nitrogens with one attached hydrogen (secondary N) is 4. The molecule has 2 aliphatic rings. The van der Waals surface area contributed by atoms with Gasteiger partial charge in [-0.05, 0) is 80.1 Å². The molecule has 0 spiro atoms. The average molecular weight is 686 g/mol. The van der Waals surface area contributed by atoms with Gasteiger partial charge in [0.15, 0.2) is 0 Å². The first-order valence-corrected chi connectivity index (χ1v) is 18.4. The molecule has 0 saturated carbocycles. The lowest BCUT2D eigenvalue weighted by atomic mass is 9.98. The van der Waals surface area contributed by atoms with Crippen molar-refractivity contribution in [2.24, 2.45) is 0 Å². The number of hydrogen-bond donors (Lipinski definition) is 4. The van der Waals surface area contributed by atoms with E-state index in [0.29, 0.717) is 6.54 Å². The van der Waals surface area contributed by atoms with Gasteiger partial charge in [-0.25, -0.2) is 0 Å². The van der Waals surface area contributed by atoms with Gasteiger partial charge in [-0.15, -0.1) is 0 Å². The minimum atomic E-state index is -0.0906. The number of benzene rings is 7. The third kappa shape index (κ3) is 5.81. The summed E-state index contributed by atoms with van der Waals surface area (Å²) in [6.45, 7) is 0.700. The molecule has 2 aliphatic heterocycles. The van der Waals surface area contributed by atoms with E-state index < -0.39 is 0 Å². The molecule has 5 heteroatoms. The van der Waals surface area contributed by atoms with Crippen molar-refractivity contribution in [1.82, 2.24) is 25.8 Å². The van der Waals surface area contributed by atoms with Crippen LogP contribution >= 0.6 is 0 Å². The van der Waals surface area contributed by atoms with Crippen molar-refractivity contribution >= 4 is 38.4 Å². The molecule has 7 aromatic carbocycles. The Morgan fingerprint density at radius 2 is 1.00 bits per heavy atom. The molecule has 0 aliphatic carbocycles. The van der Waals surface area contributed by atoms with Crippen molar-refractivity contribution in [2.75, 3.05) is 6.54 Å². The molecule has 10 rings (SSSR count). The van der Waals surface area contributed by atoms with Crippen LogP contribution in [0.5, 0.6) is 0 Å². The second-order valence-corrected chi connectivity index (χ2v) is 14.0. The molecule has 1 saturated heterocycles. The number of dihydropyridines is 1. The van der Waals surface area contributed by atoms with Crippen LogP contribution in [0.4, 0.5) is 0 Å². The number of fused-ring (bicyclic) bond motifs is 5. The van der Waals surface area contributed by atoms with E-state index in [1.165, 1.54) is 71.5 Å². The van der Waals surface area contributed by atoms with Gasteiger partial charge >= 0.3 is 0 Å². The van der Waals surface area contributed by atoms with E-state index in [0.717, 1.165) is 5.82 Å². The summed E-state index contributed by atoms with van der Waals surface area (Å²) in [5, 5.41) is 20.7. The quantitative estimate of drug-likeness (QED) is 0.141. The maximum absolute atomic E-state index is 3.93. The van der Waals surface area contributed by atoms with Gasteiger partial charge in [0, 0.05) is 17.3 Å². The first-order chi connectivity index (χ1) is 26.3. The van der Waals surface area contributed by atoms with Gasteiger partial charge in [-0.1, -0.05) is 152 Å².